The van der Waals surface area contributed by atoms with E-state index in [1.54, 1.807) is 0 Å². The number of rotatable bonds is 7. The van der Waals surface area contributed by atoms with E-state index in [1.165, 1.54) is 7.11 Å². The van der Waals surface area contributed by atoms with E-state index < -0.39 is 5.60 Å². The molecule has 14 heavy (non-hydrogen) atoms. The van der Waals surface area contributed by atoms with Crippen molar-refractivity contribution in [1.29, 1.82) is 0 Å². The maximum atomic E-state index is 10.8. The van der Waals surface area contributed by atoms with Gasteiger partial charge in [0.25, 0.3) is 0 Å². The summed E-state index contributed by atoms with van der Waals surface area (Å²) in [5, 5.41) is 12.9. The van der Waals surface area contributed by atoms with Gasteiger partial charge in [-0.3, -0.25) is 4.79 Å². The number of methoxy groups -OCH3 is 1. The monoisotopic (exact) mass is 203 g/mol. The van der Waals surface area contributed by atoms with Gasteiger partial charge in [-0.05, 0) is 12.8 Å². The summed E-state index contributed by atoms with van der Waals surface area (Å²) < 4.78 is 4.49. The molecule has 0 aliphatic carbocycles. The fourth-order valence-electron chi connectivity index (χ4n) is 1.11. The third-order valence-electron chi connectivity index (χ3n) is 2.50. The minimum Gasteiger partial charge on any atom is -0.469 e. The molecule has 2 N–H and O–H groups in total. The molecule has 0 heterocycles. The lowest BCUT2D eigenvalue weighted by Gasteiger charge is -2.25. The zero-order valence-electron chi connectivity index (χ0n) is 9.30. The molecule has 4 nitrogen and oxygen atoms in total. The van der Waals surface area contributed by atoms with Crippen molar-refractivity contribution in [3.8, 4) is 0 Å². The van der Waals surface area contributed by atoms with Crippen molar-refractivity contribution in [2.45, 2.75) is 38.7 Å². The van der Waals surface area contributed by atoms with Gasteiger partial charge in [0.1, 0.15) is 0 Å². The number of hydrogen-bond donors (Lipinski definition) is 2. The Bertz CT molecular complexity index is 167. The molecule has 0 aromatic rings. The number of hydrogen-bond acceptors (Lipinski definition) is 4. The van der Waals surface area contributed by atoms with Gasteiger partial charge in [0.2, 0.25) is 0 Å². The summed E-state index contributed by atoms with van der Waals surface area (Å²) in [6, 6.07) is 0. The van der Waals surface area contributed by atoms with Crippen molar-refractivity contribution in [3.63, 3.8) is 0 Å². The van der Waals surface area contributed by atoms with Crippen LogP contribution in [0.2, 0.25) is 0 Å². The van der Waals surface area contributed by atoms with Gasteiger partial charge in [-0.2, -0.15) is 0 Å². The van der Waals surface area contributed by atoms with Crippen LogP contribution in [0.25, 0.3) is 0 Å². The molecule has 84 valence electrons. The van der Waals surface area contributed by atoms with Crippen LogP contribution in [0.5, 0.6) is 0 Å². The molecule has 0 saturated heterocycles. The van der Waals surface area contributed by atoms with E-state index in [9.17, 15) is 9.90 Å². The van der Waals surface area contributed by atoms with Gasteiger partial charge < -0.3 is 15.2 Å². The Morgan fingerprint density at radius 2 is 2.00 bits per heavy atom. The Kier molecular flexibility index (Phi) is 6.49. The molecule has 0 aromatic carbocycles. The van der Waals surface area contributed by atoms with Crippen molar-refractivity contribution in [2.24, 2.45) is 0 Å². The summed E-state index contributed by atoms with van der Waals surface area (Å²) in [4.78, 5) is 10.8. The van der Waals surface area contributed by atoms with E-state index in [0.29, 0.717) is 32.4 Å². The summed E-state index contributed by atoms with van der Waals surface area (Å²) in [5.74, 6) is -0.228. The quantitative estimate of drug-likeness (QED) is 0.472. The van der Waals surface area contributed by atoms with Crippen molar-refractivity contribution in [3.05, 3.63) is 0 Å². The van der Waals surface area contributed by atoms with E-state index in [-0.39, 0.29) is 5.97 Å². The largest absolute Gasteiger partial charge is 0.469 e. The molecule has 0 atom stereocenters. The van der Waals surface area contributed by atoms with Crippen LogP contribution >= 0.6 is 0 Å². The number of carbonyl (C=O) groups excluding carboxylic acids is 1. The molecule has 4 heteroatoms. The lowest BCUT2D eigenvalue weighted by Crippen LogP contribution is -2.40. The number of carbonyl (C=O) groups is 1. The van der Waals surface area contributed by atoms with Crippen molar-refractivity contribution in [2.75, 3.05) is 20.2 Å². The number of esters is 1. The number of aliphatic hydroxyl groups is 1. The van der Waals surface area contributed by atoms with E-state index in [1.807, 2.05) is 13.8 Å². The third-order valence-corrected chi connectivity index (χ3v) is 2.50. The van der Waals surface area contributed by atoms with Crippen molar-refractivity contribution >= 4 is 5.97 Å². The first-order valence-corrected chi connectivity index (χ1v) is 5.08. The van der Waals surface area contributed by atoms with E-state index in [0.717, 1.165) is 0 Å². The number of ether oxygens (including phenoxy) is 1. The molecular weight excluding hydrogens is 182 g/mol. The highest BCUT2D eigenvalue weighted by Crippen LogP contribution is 2.12. The van der Waals surface area contributed by atoms with Gasteiger partial charge in [-0.1, -0.05) is 13.8 Å². The first kappa shape index (κ1) is 13.4. The van der Waals surface area contributed by atoms with E-state index in [4.69, 9.17) is 0 Å². The van der Waals surface area contributed by atoms with Crippen LogP contribution < -0.4 is 5.32 Å². The molecule has 0 fully saturated rings. The van der Waals surface area contributed by atoms with Crippen LogP contribution in [0.3, 0.4) is 0 Å². The highest BCUT2D eigenvalue weighted by molar-refractivity contribution is 5.69. The molecule has 0 unspecified atom stereocenters. The predicted molar refractivity (Wildman–Crippen MR) is 55.0 cm³/mol. The summed E-state index contributed by atoms with van der Waals surface area (Å²) in [5.41, 5.74) is -0.643. The Morgan fingerprint density at radius 1 is 1.43 bits per heavy atom. The lowest BCUT2D eigenvalue weighted by molar-refractivity contribution is -0.140. The second-order valence-corrected chi connectivity index (χ2v) is 3.43. The van der Waals surface area contributed by atoms with Crippen LogP contribution in [0.4, 0.5) is 0 Å². The average Bonchev–Trinajstić information content (AvgIpc) is 2.23. The predicted octanol–water partition coefficient (Wildman–Crippen LogP) is 0.690. The Hall–Kier alpha value is -0.610. The first-order valence-electron chi connectivity index (χ1n) is 5.08. The van der Waals surface area contributed by atoms with Crippen molar-refractivity contribution < 1.29 is 14.6 Å². The SMILES string of the molecule is CCC(O)(CC)CNCCC(=O)OC. The molecule has 0 rings (SSSR count). The minimum atomic E-state index is -0.643. The normalized spacial score (nSPS) is 11.4. The molecule has 0 saturated carbocycles. The van der Waals surface area contributed by atoms with Gasteiger partial charge in [0.15, 0.2) is 0 Å². The Balaban J connectivity index is 3.57. The van der Waals surface area contributed by atoms with Gasteiger partial charge >= 0.3 is 5.97 Å². The fraction of sp³-hybridized carbons (Fsp3) is 0.900. The minimum absolute atomic E-state index is 0.228. The lowest BCUT2D eigenvalue weighted by atomic mass is 9.98. The first-order chi connectivity index (χ1) is 6.58. The fourth-order valence-corrected chi connectivity index (χ4v) is 1.11. The smallest absolute Gasteiger partial charge is 0.306 e. The topological polar surface area (TPSA) is 58.6 Å². The summed E-state index contributed by atoms with van der Waals surface area (Å²) in [7, 11) is 1.37. The van der Waals surface area contributed by atoms with Gasteiger partial charge in [-0.15, -0.1) is 0 Å². The van der Waals surface area contributed by atoms with E-state index in [2.05, 4.69) is 10.1 Å². The maximum absolute atomic E-state index is 10.8. The average molecular weight is 203 g/mol. The van der Waals surface area contributed by atoms with Crippen LogP contribution in [0, 0.1) is 0 Å². The molecule has 0 bridgehead atoms. The summed E-state index contributed by atoms with van der Waals surface area (Å²) in [6.07, 6.45) is 1.78. The standard InChI is InChI=1S/C10H21NO3/c1-4-10(13,5-2)8-11-7-6-9(12)14-3/h11,13H,4-8H2,1-3H3. The van der Waals surface area contributed by atoms with Crippen LogP contribution in [-0.2, 0) is 9.53 Å². The zero-order valence-corrected chi connectivity index (χ0v) is 9.30. The molecule has 0 radical (unpaired) electrons. The maximum Gasteiger partial charge on any atom is 0.306 e. The van der Waals surface area contributed by atoms with Gasteiger partial charge in [0.05, 0.1) is 19.1 Å². The summed E-state index contributed by atoms with van der Waals surface area (Å²) >= 11 is 0. The molecule has 0 spiro atoms. The molecule has 0 aliphatic rings. The summed E-state index contributed by atoms with van der Waals surface area (Å²) in [6.45, 7) is 4.98. The molecule has 0 aromatic heterocycles. The Labute approximate surface area is 85.6 Å². The van der Waals surface area contributed by atoms with Crippen LogP contribution in [0.1, 0.15) is 33.1 Å². The molecule has 0 amide bonds. The van der Waals surface area contributed by atoms with E-state index >= 15 is 0 Å². The number of nitrogens with one attached hydrogen (secondary N) is 1. The van der Waals surface area contributed by atoms with Crippen molar-refractivity contribution in [1.82, 2.24) is 5.32 Å². The van der Waals surface area contributed by atoms with Crippen LogP contribution in [0.15, 0.2) is 0 Å². The second kappa shape index (κ2) is 6.79. The molecule has 0 aliphatic heterocycles. The van der Waals surface area contributed by atoms with Crippen LogP contribution in [-0.4, -0.2) is 36.9 Å². The molecular formula is C10H21NO3. The van der Waals surface area contributed by atoms with Gasteiger partial charge in [-0.25, -0.2) is 0 Å². The third kappa shape index (κ3) is 5.19. The zero-order chi connectivity index (χ0) is 11.0. The highest BCUT2D eigenvalue weighted by Gasteiger charge is 2.21. The second-order valence-electron chi connectivity index (χ2n) is 3.43. The Morgan fingerprint density at radius 3 is 2.43 bits per heavy atom. The highest BCUT2D eigenvalue weighted by atomic mass is 16.5. The van der Waals surface area contributed by atoms with Gasteiger partial charge in [0, 0.05) is 13.1 Å².